The van der Waals surface area contributed by atoms with Gasteiger partial charge < -0.3 is 15.2 Å². The SMILES string of the molecule is O=C(O)Nc1nc2ccc(C3(O)c4ccccc4C(=O)N3c3cccc(C(F)(F)F)c3)cc2[nH]1. The first kappa shape index (κ1) is 21.5. The van der Waals surface area contributed by atoms with Crippen LogP contribution in [0.25, 0.3) is 11.0 Å². The summed E-state index contributed by atoms with van der Waals surface area (Å²) in [5, 5.41) is 23.0. The molecule has 0 saturated carbocycles. The molecule has 1 aliphatic rings. The number of halogens is 3. The zero-order valence-electron chi connectivity index (χ0n) is 17.1. The van der Waals surface area contributed by atoms with E-state index in [1.807, 2.05) is 0 Å². The highest BCUT2D eigenvalue weighted by Crippen LogP contribution is 2.46. The normalized spacial score (nSPS) is 17.8. The second-order valence-corrected chi connectivity index (χ2v) is 7.65. The van der Waals surface area contributed by atoms with Crippen molar-refractivity contribution in [3.05, 3.63) is 89.0 Å². The van der Waals surface area contributed by atoms with Crippen molar-refractivity contribution >= 4 is 34.7 Å². The Bertz CT molecular complexity index is 1470. The molecule has 0 saturated heterocycles. The minimum Gasteiger partial charge on any atom is -0.465 e. The Balaban J connectivity index is 1.70. The maximum absolute atomic E-state index is 13.4. The highest BCUT2D eigenvalue weighted by Gasteiger charge is 2.51. The Morgan fingerprint density at radius 2 is 1.82 bits per heavy atom. The lowest BCUT2D eigenvalue weighted by molar-refractivity contribution is -0.137. The first-order valence-electron chi connectivity index (χ1n) is 9.93. The molecule has 2 amide bonds. The maximum Gasteiger partial charge on any atom is 0.416 e. The van der Waals surface area contributed by atoms with Crippen LogP contribution >= 0.6 is 0 Å². The largest absolute Gasteiger partial charge is 0.465 e. The third-order valence-corrected chi connectivity index (χ3v) is 5.60. The number of aromatic nitrogens is 2. The maximum atomic E-state index is 13.4. The van der Waals surface area contributed by atoms with Crippen molar-refractivity contribution < 1.29 is 33.0 Å². The quantitative estimate of drug-likeness (QED) is 0.353. The molecule has 4 N–H and O–H groups in total. The number of anilines is 2. The molecular weight excluding hydrogens is 453 g/mol. The van der Waals surface area contributed by atoms with E-state index in [0.717, 1.165) is 23.1 Å². The number of benzene rings is 3. The molecule has 11 heteroatoms. The molecule has 0 bridgehead atoms. The van der Waals surface area contributed by atoms with Crippen molar-refractivity contribution in [1.82, 2.24) is 9.97 Å². The lowest BCUT2D eigenvalue weighted by Crippen LogP contribution is -2.45. The van der Waals surface area contributed by atoms with E-state index in [1.54, 1.807) is 12.1 Å². The fourth-order valence-corrected chi connectivity index (χ4v) is 4.16. The van der Waals surface area contributed by atoms with Crippen LogP contribution < -0.4 is 10.2 Å². The number of rotatable bonds is 3. The lowest BCUT2D eigenvalue weighted by atomic mass is 9.93. The second-order valence-electron chi connectivity index (χ2n) is 7.65. The number of imidazole rings is 1. The van der Waals surface area contributed by atoms with Gasteiger partial charge in [-0.25, -0.2) is 9.78 Å². The summed E-state index contributed by atoms with van der Waals surface area (Å²) in [6.07, 6.45) is -5.98. The fraction of sp³-hybridized carbons (Fsp3) is 0.0870. The zero-order valence-corrected chi connectivity index (χ0v) is 17.1. The molecule has 5 rings (SSSR count). The minimum atomic E-state index is -4.65. The number of nitrogens with one attached hydrogen (secondary N) is 2. The first-order valence-corrected chi connectivity index (χ1v) is 9.93. The molecule has 172 valence electrons. The predicted octanol–water partition coefficient (Wildman–Crippen LogP) is 4.53. The molecular formula is C23H15F3N4O4. The number of carbonyl (C=O) groups excluding carboxylic acids is 1. The van der Waals surface area contributed by atoms with Crippen LogP contribution in [-0.2, 0) is 11.9 Å². The number of fused-ring (bicyclic) bond motifs is 2. The van der Waals surface area contributed by atoms with E-state index in [0.29, 0.717) is 11.0 Å². The average Bonchev–Trinajstić information content (AvgIpc) is 3.29. The Kier molecular flexibility index (Phi) is 4.62. The Morgan fingerprint density at radius 3 is 2.56 bits per heavy atom. The number of alkyl halides is 3. The fourth-order valence-electron chi connectivity index (χ4n) is 4.16. The van der Waals surface area contributed by atoms with Crippen LogP contribution in [0.15, 0.2) is 66.7 Å². The van der Waals surface area contributed by atoms with Crippen molar-refractivity contribution in [1.29, 1.82) is 0 Å². The molecule has 1 aliphatic heterocycles. The second kappa shape index (κ2) is 7.32. The van der Waals surface area contributed by atoms with E-state index in [1.165, 1.54) is 36.4 Å². The Labute approximate surface area is 189 Å². The van der Waals surface area contributed by atoms with Crippen LogP contribution in [0.5, 0.6) is 0 Å². The molecule has 0 spiro atoms. The van der Waals surface area contributed by atoms with Crippen LogP contribution in [0.3, 0.4) is 0 Å². The number of nitrogens with zero attached hydrogens (tertiary/aromatic N) is 2. The molecule has 4 aromatic rings. The third-order valence-electron chi connectivity index (χ3n) is 5.60. The summed E-state index contributed by atoms with van der Waals surface area (Å²) in [5.41, 5.74) is -2.03. The summed E-state index contributed by atoms with van der Waals surface area (Å²) in [6.45, 7) is 0. The summed E-state index contributed by atoms with van der Waals surface area (Å²) >= 11 is 0. The van der Waals surface area contributed by atoms with Crippen LogP contribution in [0.1, 0.15) is 27.0 Å². The van der Waals surface area contributed by atoms with Gasteiger partial charge in [-0.3, -0.25) is 15.0 Å². The predicted molar refractivity (Wildman–Crippen MR) is 115 cm³/mol. The molecule has 0 fully saturated rings. The van der Waals surface area contributed by atoms with Gasteiger partial charge in [0.25, 0.3) is 5.91 Å². The number of H-pyrrole nitrogens is 1. The summed E-state index contributed by atoms with van der Waals surface area (Å²) in [4.78, 5) is 32.0. The molecule has 34 heavy (non-hydrogen) atoms. The molecule has 1 aromatic heterocycles. The Hall–Kier alpha value is -4.38. The number of amides is 2. The Morgan fingerprint density at radius 1 is 1.06 bits per heavy atom. The van der Waals surface area contributed by atoms with Gasteiger partial charge in [0.1, 0.15) is 0 Å². The van der Waals surface area contributed by atoms with Crippen LogP contribution in [-0.4, -0.2) is 32.2 Å². The van der Waals surface area contributed by atoms with Gasteiger partial charge in [0.05, 0.1) is 16.6 Å². The van der Waals surface area contributed by atoms with Gasteiger partial charge >= 0.3 is 12.3 Å². The first-order chi connectivity index (χ1) is 16.1. The van der Waals surface area contributed by atoms with Gasteiger partial charge in [-0.1, -0.05) is 30.3 Å². The van der Waals surface area contributed by atoms with Crippen LogP contribution in [0.2, 0.25) is 0 Å². The zero-order chi connectivity index (χ0) is 24.3. The van der Waals surface area contributed by atoms with Crippen molar-refractivity contribution in [2.24, 2.45) is 0 Å². The summed E-state index contributed by atoms with van der Waals surface area (Å²) in [7, 11) is 0. The van der Waals surface area contributed by atoms with Gasteiger partial charge in [0.2, 0.25) is 5.95 Å². The van der Waals surface area contributed by atoms with E-state index in [-0.39, 0.29) is 28.3 Å². The average molecular weight is 468 g/mol. The number of aliphatic hydroxyl groups is 1. The summed E-state index contributed by atoms with van der Waals surface area (Å²) in [6, 6.07) is 14.8. The van der Waals surface area contributed by atoms with Crippen molar-refractivity contribution in [2.45, 2.75) is 11.9 Å². The molecule has 0 radical (unpaired) electrons. The van der Waals surface area contributed by atoms with Gasteiger partial charge in [0.15, 0.2) is 5.72 Å². The van der Waals surface area contributed by atoms with Gasteiger partial charge in [-0.15, -0.1) is 0 Å². The summed E-state index contributed by atoms with van der Waals surface area (Å²) < 4.78 is 40.1. The lowest BCUT2D eigenvalue weighted by Gasteiger charge is -2.35. The number of hydrogen-bond donors (Lipinski definition) is 4. The molecule has 8 nitrogen and oxygen atoms in total. The molecule has 3 aromatic carbocycles. The molecule has 0 aliphatic carbocycles. The topological polar surface area (TPSA) is 119 Å². The van der Waals surface area contributed by atoms with Crippen LogP contribution in [0.4, 0.5) is 29.6 Å². The third kappa shape index (κ3) is 3.25. The van der Waals surface area contributed by atoms with Crippen molar-refractivity contribution in [2.75, 3.05) is 10.2 Å². The minimum absolute atomic E-state index is 0.0516. The van der Waals surface area contributed by atoms with Crippen molar-refractivity contribution in [3.63, 3.8) is 0 Å². The van der Waals surface area contributed by atoms with Gasteiger partial charge in [0, 0.05) is 22.4 Å². The standard InChI is InChI=1S/C23H15F3N4O4/c24-23(25,26)13-4-3-5-14(10-13)30-19(31)15-6-1-2-7-16(15)22(30,34)12-8-9-17-18(11-12)28-20(27-17)29-21(32)33/h1-11,34H,(H,32,33)(H2,27,28,29). The monoisotopic (exact) mass is 468 g/mol. The van der Waals surface area contributed by atoms with E-state index in [2.05, 4.69) is 15.3 Å². The van der Waals surface area contributed by atoms with Crippen molar-refractivity contribution in [3.8, 4) is 0 Å². The number of aromatic amines is 1. The number of hydrogen-bond acceptors (Lipinski definition) is 4. The molecule has 2 heterocycles. The van der Waals surface area contributed by atoms with Gasteiger partial charge in [-0.2, -0.15) is 13.2 Å². The van der Waals surface area contributed by atoms with E-state index in [4.69, 9.17) is 5.11 Å². The smallest absolute Gasteiger partial charge is 0.416 e. The van der Waals surface area contributed by atoms with Gasteiger partial charge in [-0.05, 0) is 36.4 Å². The van der Waals surface area contributed by atoms with E-state index < -0.39 is 29.5 Å². The van der Waals surface area contributed by atoms with E-state index >= 15 is 0 Å². The number of carbonyl (C=O) groups is 2. The molecule has 1 atom stereocenters. The van der Waals surface area contributed by atoms with Crippen LogP contribution in [0, 0.1) is 0 Å². The number of carboxylic acid groups (broad SMARTS) is 1. The highest BCUT2D eigenvalue weighted by atomic mass is 19.4. The highest BCUT2D eigenvalue weighted by molar-refractivity contribution is 6.12. The molecule has 1 unspecified atom stereocenters. The van der Waals surface area contributed by atoms with E-state index in [9.17, 15) is 27.9 Å². The summed E-state index contributed by atoms with van der Waals surface area (Å²) in [5.74, 6) is -0.723.